The quantitative estimate of drug-likeness (QED) is 0.762. The molecular weight excluding hydrogens is 172 g/mol. The zero-order chi connectivity index (χ0) is 10.6. The van der Waals surface area contributed by atoms with Crippen LogP contribution in [0.1, 0.15) is 19.4 Å². The number of nitrogens with one attached hydrogen (secondary N) is 2. The van der Waals surface area contributed by atoms with Gasteiger partial charge < -0.3 is 10.6 Å². The van der Waals surface area contributed by atoms with Gasteiger partial charge >= 0.3 is 0 Å². The van der Waals surface area contributed by atoms with Gasteiger partial charge in [-0.2, -0.15) is 0 Å². The Morgan fingerprint density at radius 2 is 1.93 bits per heavy atom. The lowest BCUT2D eigenvalue weighted by atomic mass is 10.1. The molecule has 0 radical (unpaired) electrons. The number of hydrogen-bond donors (Lipinski definition) is 2. The number of anilines is 1. The van der Waals surface area contributed by atoms with Crippen molar-refractivity contribution in [3.8, 4) is 0 Å². The van der Waals surface area contributed by atoms with Crippen LogP contribution in [0.2, 0.25) is 0 Å². The van der Waals surface area contributed by atoms with E-state index in [9.17, 15) is 0 Å². The SMILES string of the molecule is C=C(NC(C)C)c1ccccc1NC. The smallest absolute Gasteiger partial charge is 0.0431 e. The molecular formula is C12H18N2. The summed E-state index contributed by atoms with van der Waals surface area (Å²) in [6.45, 7) is 8.23. The van der Waals surface area contributed by atoms with E-state index in [1.54, 1.807) is 0 Å². The molecule has 2 nitrogen and oxygen atoms in total. The first-order chi connectivity index (χ1) is 6.65. The first-order valence-electron chi connectivity index (χ1n) is 4.87. The van der Waals surface area contributed by atoms with E-state index < -0.39 is 0 Å². The second-order valence-corrected chi connectivity index (χ2v) is 3.57. The van der Waals surface area contributed by atoms with Crippen LogP contribution in [-0.4, -0.2) is 13.1 Å². The minimum atomic E-state index is 0.410. The van der Waals surface area contributed by atoms with Crippen molar-refractivity contribution in [1.82, 2.24) is 5.32 Å². The van der Waals surface area contributed by atoms with Crippen molar-refractivity contribution in [2.75, 3.05) is 12.4 Å². The second-order valence-electron chi connectivity index (χ2n) is 3.57. The number of hydrogen-bond acceptors (Lipinski definition) is 2. The summed E-state index contributed by atoms with van der Waals surface area (Å²) in [5.41, 5.74) is 3.19. The molecule has 0 unspecified atom stereocenters. The molecule has 0 amide bonds. The average molecular weight is 190 g/mol. The highest BCUT2D eigenvalue weighted by Crippen LogP contribution is 2.20. The molecule has 0 atom stereocenters. The summed E-state index contributed by atoms with van der Waals surface area (Å²) < 4.78 is 0. The summed E-state index contributed by atoms with van der Waals surface area (Å²) in [7, 11) is 1.92. The Kier molecular flexibility index (Phi) is 3.57. The fourth-order valence-electron chi connectivity index (χ4n) is 1.39. The Bertz CT molecular complexity index is 316. The molecule has 0 bridgehead atoms. The molecule has 14 heavy (non-hydrogen) atoms. The van der Waals surface area contributed by atoms with E-state index in [4.69, 9.17) is 0 Å². The van der Waals surface area contributed by atoms with Gasteiger partial charge in [0.1, 0.15) is 0 Å². The summed E-state index contributed by atoms with van der Waals surface area (Å²) in [5, 5.41) is 6.45. The summed E-state index contributed by atoms with van der Waals surface area (Å²) >= 11 is 0. The maximum atomic E-state index is 4.02. The summed E-state index contributed by atoms with van der Waals surface area (Å²) in [4.78, 5) is 0. The molecule has 2 heteroatoms. The van der Waals surface area contributed by atoms with E-state index >= 15 is 0 Å². The normalized spacial score (nSPS) is 10.0. The Morgan fingerprint density at radius 1 is 1.29 bits per heavy atom. The Morgan fingerprint density at radius 3 is 2.50 bits per heavy atom. The molecule has 0 spiro atoms. The highest BCUT2D eigenvalue weighted by atomic mass is 14.9. The first-order valence-corrected chi connectivity index (χ1v) is 4.87. The van der Waals surface area contributed by atoms with Crippen molar-refractivity contribution >= 4 is 11.4 Å². The van der Waals surface area contributed by atoms with Gasteiger partial charge in [-0.15, -0.1) is 0 Å². The van der Waals surface area contributed by atoms with Gasteiger partial charge in [0.2, 0.25) is 0 Å². The maximum absolute atomic E-state index is 4.02. The van der Waals surface area contributed by atoms with Gasteiger partial charge in [-0.3, -0.25) is 0 Å². The Balaban J connectivity index is 2.88. The fraction of sp³-hybridized carbons (Fsp3) is 0.333. The van der Waals surface area contributed by atoms with Crippen LogP contribution in [0.5, 0.6) is 0 Å². The average Bonchev–Trinajstić information content (AvgIpc) is 2.16. The third-order valence-electron chi connectivity index (χ3n) is 1.98. The predicted octanol–water partition coefficient (Wildman–Crippen LogP) is 2.70. The molecule has 1 aromatic rings. The molecule has 1 rings (SSSR count). The summed E-state index contributed by atoms with van der Waals surface area (Å²) in [6.07, 6.45) is 0. The van der Waals surface area contributed by atoms with Crippen LogP contribution in [-0.2, 0) is 0 Å². The highest BCUT2D eigenvalue weighted by Gasteiger charge is 2.04. The molecule has 0 aliphatic heterocycles. The van der Waals surface area contributed by atoms with Gasteiger partial charge in [0.05, 0.1) is 0 Å². The third-order valence-corrected chi connectivity index (χ3v) is 1.98. The van der Waals surface area contributed by atoms with Crippen LogP contribution in [0.15, 0.2) is 30.8 Å². The van der Waals surface area contributed by atoms with E-state index in [-0.39, 0.29) is 0 Å². The monoisotopic (exact) mass is 190 g/mol. The van der Waals surface area contributed by atoms with E-state index in [1.165, 1.54) is 0 Å². The van der Waals surface area contributed by atoms with Crippen molar-refractivity contribution in [2.24, 2.45) is 0 Å². The van der Waals surface area contributed by atoms with Crippen molar-refractivity contribution in [3.05, 3.63) is 36.4 Å². The molecule has 1 aromatic carbocycles. The molecule has 76 valence electrons. The molecule has 0 heterocycles. The summed E-state index contributed by atoms with van der Waals surface area (Å²) in [5.74, 6) is 0. The first kappa shape index (κ1) is 10.6. The van der Waals surface area contributed by atoms with Crippen LogP contribution in [0.25, 0.3) is 5.70 Å². The topological polar surface area (TPSA) is 24.1 Å². The maximum Gasteiger partial charge on any atom is 0.0431 e. The molecule has 0 fully saturated rings. The second kappa shape index (κ2) is 4.70. The van der Waals surface area contributed by atoms with Crippen LogP contribution >= 0.6 is 0 Å². The van der Waals surface area contributed by atoms with Crippen LogP contribution < -0.4 is 10.6 Å². The minimum Gasteiger partial charge on any atom is -0.388 e. The van der Waals surface area contributed by atoms with Crippen molar-refractivity contribution in [1.29, 1.82) is 0 Å². The zero-order valence-electron chi connectivity index (χ0n) is 9.09. The van der Waals surface area contributed by atoms with Crippen LogP contribution in [0.4, 0.5) is 5.69 Å². The van der Waals surface area contributed by atoms with Crippen LogP contribution in [0, 0.1) is 0 Å². The van der Waals surface area contributed by atoms with Gasteiger partial charge in [-0.1, -0.05) is 24.8 Å². The number of rotatable bonds is 4. The number of benzene rings is 1. The largest absolute Gasteiger partial charge is 0.388 e. The van der Waals surface area contributed by atoms with Gasteiger partial charge in [-0.25, -0.2) is 0 Å². The third kappa shape index (κ3) is 2.52. The van der Waals surface area contributed by atoms with Crippen molar-refractivity contribution in [3.63, 3.8) is 0 Å². The van der Waals surface area contributed by atoms with Gasteiger partial charge in [0.25, 0.3) is 0 Å². The van der Waals surface area contributed by atoms with Crippen molar-refractivity contribution in [2.45, 2.75) is 19.9 Å². The summed E-state index contributed by atoms with van der Waals surface area (Å²) in [6, 6.07) is 8.54. The lowest BCUT2D eigenvalue weighted by Gasteiger charge is -2.15. The van der Waals surface area contributed by atoms with E-state index in [1.807, 2.05) is 25.2 Å². The molecule has 2 N–H and O–H groups in total. The van der Waals surface area contributed by atoms with Gasteiger partial charge in [0.15, 0.2) is 0 Å². The van der Waals surface area contributed by atoms with Gasteiger partial charge in [-0.05, 0) is 19.9 Å². The van der Waals surface area contributed by atoms with E-state index in [2.05, 4.69) is 37.1 Å². The van der Waals surface area contributed by atoms with Crippen LogP contribution in [0.3, 0.4) is 0 Å². The zero-order valence-corrected chi connectivity index (χ0v) is 9.09. The number of para-hydroxylation sites is 1. The van der Waals surface area contributed by atoms with Crippen molar-refractivity contribution < 1.29 is 0 Å². The molecule has 0 aliphatic rings. The van der Waals surface area contributed by atoms with E-state index in [0.717, 1.165) is 16.9 Å². The Labute approximate surface area is 86.0 Å². The molecule has 0 saturated carbocycles. The predicted molar refractivity (Wildman–Crippen MR) is 63.3 cm³/mol. The lowest BCUT2D eigenvalue weighted by Crippen LogP contribution is -2.20. The van der Waals surface area contributed by atoms with E-state index in [0.29, 0.717) is 6.04 Å². The Hall–Kier alpha value is -1.44. The van der Waals surface area contributed by atoms with Gasteiger partial charge in [0, 0.05) is 30.0 Å². The highest BCUT2D eigenvalue weighted by molar-refractivity contribution is 5.73. The molecule has 0 saturated heterocycles. The molecule has 0 aromatic heterocycles. The fourth-order valence-corrected chi connectivity index (χ4v) is 1.39. The lowest BCUT2D eigenvalue weighted by molar-refractivity contribution is 0.718. The molecule has 0 aliphatic carbocycles. The minimum absolute atomic E-state index is 0.410. The standard InChI is InChI=1S/C12H18N2/c1-9(2)14-10(3)11-7-5-6-8-12(11)13-4/h5-9,13-14H,3H2,1-2,4H3.